The summed E-state index contributed by atoms with van der Waals surface area (Å²) in [5, 5.41) is 0. The lowest BCUT2D eigenvalue weighted by molar-refractivity contribution is -0.132. The number of carbonyl (C=O) groups is 1. The van der Waals surface area contributed by atoms with Crippen LogP contribution in [0, 0.1) is 0 Å². The molecule has 98 valence electrons. The van der Waals surface area contributed by atoms with Gasteiger partial charge in [-0.2, -0.15) is 0 Å². The van der Waals surface area contributed by atoms with Crippen molar-refractivity contribution in [2.45, 2.75) is 25.7 Å². The van der Waals surface area contributed by atoms with Gasteiger partial charge in [0.2, 0.25) is 5.91 Å². The van der Waals surface area contributed by atoms with E-state index >= 15 is 0 Å². The number of benzene rings is 1. The van der Waals surface area contributed by atoms with Crippen LogP contribution in [-0.4, -0.2) is 30.5 Å². The van der Waals surface area contributed by atoms with Crippen LogP contribution in [-0.2, 0) is 4.79 Å². The molecule has 4 heteroatoms. The second-order valence-corrected chi connectivity index (χ2v) is 4.58. The first kappa shape index (κ1) is 12.7. The van der Waals surface area contributed by atoms with Crippen LogP contribution in [0.15, 0.2) is 24.3 Å². The summed E-state index contributed by atoms with van der Waals surface area (Å²) in [5.41, 5.74) is 6.37. The summed E-state index contributed by atoms with van der Waals surface area (Å²) in [4.78, 5) is 13.8. The number of rotatable bonds is 4. The molecule has 18 heavy (non-hydrogen) atoms. The van der Waals surface area contributed by atoms with Crippen molar-refractivity contribution in [1.29, 1.82) is 0 Å². The number of nitrogens with two attached hydrogens (primary N) is 1. The molecule has 2 N–H and O–H groups in total. The van der Waals surface area contributed by atoms with E-state index in [0.29, 0.717) is 24.5 Å². The van der Waals surface area contributed by atoms with Crippen molar-refractivity contribution < 1.29 is 9.53 Å². The van der Waals surface area contributed by atoms with Gasteiger partial charge in [0.05, 0.1) is 18.7 Å². The van der Waals surface area contributed by atoms with Crippen molar-refractivity contribution in [3.63, 3.8) is 0 Å². The molecule has 4 nitrogen and oxygen atoms in total. The minimum atomic E-state index is 0.184. The summed E-state index contributed by atoms with van der Waals surface area (Å²) in [6.07, 6.45) is 3.91. The quantitative estimate of drug-likeness (QED) is 0.830. The van der Waals surface area contributed by atoms with Crippen molar-refractivity contribution >= 4 is 11.6 Å². The maximum atomic E-state index is 11.9. The highest BCUT2D eigenvalue weighted by Crippen LogP contribution is 2.20. The van der Waals surface area contributed by atoms with Gasteiger partial charge in [-0.25, -0.2) is 0 Å². The smallest absolute Gasteiger partial charge is 0.225 e. The summed E-state index contributed by atoms with van der Waals surface area (Å²) < 4.78 is 5.53. The van der Waals surface area contributed by atoms with Gasteiger partial charge in [-0.05, 0) is 31.4 Å². The van der Waals surface area contributed by atoms with Gasteiger partial charge in [-0.3, -0.25) is 4.79 Å². The number of ether oxygens (including phenoxy) is 1. The average Bonchev–Trinajstić information content (AvgIpc) is 2.42. The Bertz CT molecular complexity index is 401. The number of nitrogens with zero attached hydrogens (tertiary/aromatic N) is 1. The molecule has 0 saturated carbocycles. The minimum Gasteiger partial charge on any atom is -0.491 e. The fourth-order valence-corrected chi connectivity index (χ4v) is 2.16. The maximum absolute atomic E-state index is 11.9. The summed E-state index contributed by atoms with van der Waals surface area (Å²) in [6, 6.07) is 7.35. The van der Waals surface area contributed by atoms with E-state index in [1.807, 2.05) is 23.1 Å². The van der Waals surface area contributed by atoms with Gasteiger partial charge < -0.3 is 15.4 Å². The van der Waals surface area contributed by atoms with Gasteiger partial charge in [0, 0.05) is 13.1 Å². The van der Waals surface area contributed by atoms with Gasteiger partial charge in [-0.1, -0.05) is 12.1 Å². The Morgan fingerprint density at radius 3 is 2.67 bits per heavy atom. The predicted octanol–water partition coefficient (Wildman–Crippen LogP) is 2.05. The molecule has 0 radical (unpaired) electrons. The van der Waals surface area contributed by atoms with Crippen molar-refractivity contribution in [2.75, 3.05) is 25.4 Å². The highest BCUT2D eigenvalue weighted by molar-refractivity contribution is 5.76. The lowest BCUT2D eigenvalue weighted by atomic mass is 10.1. The molecule has 0 aromatic heterocycles. The standard InChI is InChI=1S/C14H20N2O2/c15-12-6-2-3-7-13(12)18-11-8-14(17)16-9-4-1-5-10-16/h2-3,6-7H,1,4-5,8-11,15H2. The number of amides is 1. The summed E-state index contributed by atoms with van der Waals surface area (Å²) in [5.74, 6) is 0.841. The van der Waals surface area contributed by atoms with E-state index in [1.54, 1.807) is 6.07 Å². The Balaban J connectivity index is 1.75. The Morgan fingerprint density at radius 2 is 1.94 bits per heavy atom. The van der Waals surface area contributed by atoms with Crippen molar-refractivity contribution in [3.8, 4) is 5.75 Å². The van der Waals surface area contributed by atoms with Crippen LogP contribution < -0.4 is 10.5 Å². The largest absolute Gasteiger partial charge is 0.491 e. The molecule has 0 bridgehead atoms. The van der Waals surface area contributed by atoms with Gasteiger partial charge in [-0.15, -0.1) is 0 Å². The molecule has 0 unspecified atom stereocenters. The van der Waals surface area contributed by atoms with Crippen LogP contribution in [0.1, 0.15) is 25.7 Å². The molecule has 0 spiro atoms. The number of para-hydroxylation sites is 2. The second kappa shape index (κ2) is 6.28. The Morgan fingerprint density at radius 1 is 1.22 bits per heavy atom. The second-order valence-electron chi connectivity index (χ2n) is 4.58. The molecular weight excluding hydrogens is 228 g/mol. The number of nitrogen functional groups attached to an aromatic ring is 1. The first-order valence-corrected chi connectivity index (χ1v) is 6.52. The average molecular weight is 248 g/mol. The molecule has 1 aromatic rings. The minimum absolute atomic E-state index is 0.184. The normalized spacial score (nSPS) is 15.4. The lowest BCUT2D eigenvalue weighted by Gasteiger charge is -2.26. The number of piperidine rings is 1. The third kappa shape index (κ3) is 3.39. The SMILES string of the molecule is Nc1ccccc1OCCC(=O)N1CCCCC1. The molecular formula is C14H20N2O2. The van der Waals surface area contributed by atoms with E-state index in [0.717, 1.165) is 25.9 Å². The Hall–Kier alpha value is -1.71. The van der Waals surface area contributed by atoms with E-state index in [1.165, 1.54) is 6.42 Å². The van der Waals surface area contributed by atoms with E-state index in [4.69, 9.17) is 10.5 Å². The third-order valence-corrected chi connectivity index (χ3v) is 3.20. The van der Waals surface area contributed by atoms with E-state index < -0.39 is 0 Å². The van der Waals surface area contributed by atoms with Crippen molar-refractivity contribution in [3.05, 3.63) is 24.3 Å². The topological polar surface area (TPSA) is 55.6 Å². The van der Waals surface area contributed by atoms with Gasteiger partial charge >= 0.3 is 0 Å². The van der Waals surface area contributed by atoms with Gasteiger partial charge in [0.25, 0.3) is 0 Å². The molecule has 1 aromatic carbocycles. The fraction of sp³-hybridized carbons (Fsp3) is 0.500. The molecule has 1 saturated heterocycles. The van der Waals surface area contributed by atoms with E-state index in [9.17, 15) is 4.79 Å². The summed E-state index contributed by atoms with van der Waals surface area (Å²) in [7, 11) is 0. The first-order chi connectivity index (χ1) is 8.77. The number of hydrogen-bond donors (Lipinski definition) is 1. The van der Waals surface area contributed by atoms with E-state index in [2.05, 4.69) is 0 Å². The number of anilines is 1. The molecule has 1 fully saturated rings. The number of hydrogen-bond acceptors (Lipinski definition) is 3. The third-order valence-electron chi connectivity index (χ3n) is 3.20. The monoisotopic (exact) mass is 248 g/mol. The summed E-state index contributed by atoms with van der Waals surface area (Å²) in [6.45, 7) is 2.18. The fourth-order valence-electron chi connectivity index (χ4n) is 2.16. The van der Waals surface area contributed by atoms with Gasteiger partial charge in [0.15, 0.2) is 0 Å². The van der Waals surface area contributed by atoms with Crippen LogP contribution in [0.4, 0.5) is 5.69 Å². The first-order valence-electron chi connectivity index (χ1n) is 6.52. The molecule has 1 aliphatic rings. The molecule has 2 rings (SSSR count). The molecule has 0 atom stereocenters. The van der Waals surface area contributed by atoms with Crippen molar-refractivity contribution in [1.82, 2.24) is 4.90 Å². The Labute approximate surface area is 108 Å². The molecule has 0 aliphatic carbocycles. The molecule has 1 heterocycles. The van der Waals surface area contributed by atoms with Gasteiger partial charge in [0.1, 0.15) is 5.75 Å². The van der Waals surface area contributed by atoms with Crippen LogP contribution in [0.25, 0.3) is 0 Å². The zero-order valence-corrected chi connectivity index (χ0v) is 10.6. The highest BCUT2D eigenvalue weighted by atomic mass is 16.5. The van der Waals surface area contributed by atoms with E-state index in [-0.39, 0.29) is 5.91 Å². The predicted molar refractivity (Wildman–Crippen MR) is 71.4 cm³/mol. The number of likely N-dealkylation sites (tertiary alicyclic amines) is 1. The van der Waals surface area contributed by atoms with Crippen molar-refractivity contribution in [2.24, 2.45) is 0 Å². The van der Waals surface area contributed by atoms with Crippen LogP contribution >= 0.6 is 0 Å². The Kier molecular flexibility index (Phi) is 4.45. The zero-order chi connectivity index (χ0) is 12.8. The number of carbonyl (C=O) groups excluding carboxylic acids is 1. The van der Waals surface area contributed by atoms with Crippen LogP contribution in [0.2, 0.25) is 0 Å². The maximum Gasteiger partial charge on any atom is 0.225 e. The lowest BCUT2D eigenvalue weighted by Crippen LogP contribution is -2.36. The van der Waals surface area contributed by atoms with Crippen LogP contribution in [0.3, 0.4) is 0 Å². The molecule has 1 amide bonds. The highest BCUT2D eigenvalue weighted by Gasteiger charge is 2.16. The molecule has 1 aliphatic heterocycles. The van der Waals surface area contributed by atoms with Crippen LogP contribution in [0.5, 0.6) is 5.75 Å². The zero-order valence-electron chi connectivity index (χ0n) is 10.6. The summed E-state index contributed by atoms with van der Waals surface area (Å²) >= 11 is 0.